The Kier molecular flexibility index (Phi) is 6.46. The molecule has 1 aromatic carbocycles. The minimum atomic E-state index is -0.805. The number of rotatable bonds is 6. The average molecular weight is 341 g/mol. The molecule has 0 heterocycles. The number of halogens is 1. The second-order valence-corrected chi connectivity index (χ2v) is 5.64. The first-order valence-electron chi connectivity index (χ1n) is 5.43. The second kappa shape index (κ2) is 7.87. The summed E-state index contributed by atoms with van der Waals surface area (Å²) in [7, 11) is 0. The van der Waals surface area contributed by atoms with Gasteiger partial charge in [0.1, 0.15) is 6.04 Å². The van der Waals surface area contributed by atoms with E-state index in [4.69, 9.17) is 12.2 Å². The molecule has 4 nitrogen and oxygen atoms in total. The number of hydrogen-bond acceptors (Lipinski definition) is 3. The van der Waals surface area contributed by atoms with Crippen LogP contribution in [0, 0.1) is 12.3 Å². The average Bonchev–Trinajstić information content (AvgIpc) is 2.36. The van der Waals surface area contributed by atoms with Crippen LogP contribution >= 0.6 is 27.7 Å². The predicted octanol–water partition coefficient (Wildman–Crippen LogP) is 1.53. The normalized spacial score (nSPS) is 11.4. The monoisotopic (exact) mass is 340 g/mol. The van der Waals surface area contributed by atoms with Gasteiger partial charge in [0.05, 0.1) is 5.75 Å². The minimum absolute atomic E-state index is 0.0998. The van der Waals surface area contributed by atoms with Gasteiger partial charge in [-0.1, -0.05) is 22.0 Å². The highest BCUT2D eigenvalue weighted by Crippen LogP contribution is 2.21. The lowest BCUT2D eigenvalue weighted by Gasteiger charge is -2.12. The number of amides is 2. The maximum atomic E-state index is 11.7. The second-order valence-electron chi connectivity index (χ2n) is 3.68. The van der Waals surface area contributed by atoms with Crippen LogP contribution in [0.2, 0.25) is 0 Å². The highest BCUT2D eigenvalue weighted by molar-refractivity contribution is 9.10. The third-order valence-corrected chi connectivity index (χ3v) is 3.65. The number of primary amides is 1. The molecule has 6 heteroatoms. The summed E-state index contributed by atoms with van der Waals surface area (Å²) in [4.78, 5) is 23.7. The van der Waals surface area contributed by atoms with Crippen molar-refractivity contribution in [3.05, 3.63) is 28.7 Å². The summed E-state index contributed by atoms with van der Waals surface area (Å²) >= 11 is 4.72. The van der Waals surface area contributed by atoms with Crippen molar-refractivity contribution in [1.82, 2.24) is 5.32 Å². The van der Waals surface area contributed by atoms with Gasteiger partial charge in [-0.25, -0.2) is 0 Å². The minimum Gasteiger partial charge on any atom is -0.368 e. The van der Waals surface area contributed by atoms with Gasteiger partial charge in [0.15, 0.2) is 0 Å². The molecule has 0 unspecified atom stereocenters. The SMILES string of the molecule is C#CC[C@H](NC(=O)CSc1cccc(Br)c1)C(N)=O. The van der Waals surface area contributed by atoms with E-state index in [-0.39, 0.29) is 18.1 Å². The number of benzene rings is 1. The van der Waals surface area contributed by atoms with Crippen LogP contribution in [0.25, 0.3) is 0 Å². The van der Waals surface area contributed by atoms with Gasteiger partial charge in [-0.3, -0.25) is 9.59 Å². The van der Waals surface area contributed by atoms with Gasteiger partial charge in [0.25, 0.3) is 0 Å². The molecule has 0 saturated carbocycles. The lowest BCUT2D eigenvalue weighted by Crippen LogP contribution is -2.44. The van der Waals surface area contributed by atoms with Crippen LogP contribution in [0.1, 0.15) is 6.42 Å². The molecule has 0 bridgehead atoms. The quantitative estimate of drug-likeness (QED) is 0.609. The number of terminal acetylenes is 1. The van der Waals surface area contributed by atoms with Crippen LogP contribution in [0.3, 0.4) is 0 Å². The summed E-state index contributed by atoms with van der Waals surface area (Å²) in [6, 6.07) is 6.79. The number of thioether (sulfide) groups is 1. The molecule has 0 aliphatic rings. The van der Waals surface area contributed by atoms with Gasteiger partial charge in [-0.05, 0) is 18.2 Å². The van der Waals surface area contributed by atoms with E-state index in [1.165, 1.54) is 11.8 Å². The van der Waals surface area contributed by atoms with Crippen LogP contribution in [-0.4, -0.2) is 23.6 Å². The molecule has 1 rings (SSSR count). The molecule has 0 spiro atoms. The van der Waals surface area contributed by atoms with E-state index in [1.807, 2.05) is 24.3 Å². The largest absolute Gasteiger partial charge is 0.368 e. The first-order valence-corrected chi connectivity index (χ1v) is 7.21. The van der Waals surface area contributed by atoms with Gasteiger partial charge in [-0.2, -0.15) is 0 Å². The number of carbonyl (C=O) groups is 2. The molecule has 3 N–H and O–H groups in total. The Balaban J connectivity index is 2.47. The lowest BCUT2D eigenvalue weighted by atomic mass is 10.2. The van der Waals surface area contributed by atoms with Crippen LogP contribution in [0.15, 0.2) is 33.6 Å². The number of carbonyl (C=O) groups excluding carboxylic acids is 2. The molecule has 2 amide bonds. The highest BCUT2D eigenvalue weighted by Gasteiger charge is 2.16. The van der Waals surface area contributed by atoms with Crippen molar-refractivity contribution < 1.29 is 9.59 Å². The zero-order chi connectivity index (χ0) is 14.3. The molecule has 1 atom stereocenters. The summed E-state index contributed by atoms with van der Waals surface area (Å²) in [6.45, 7) is 0. The van der Waals surface area contributed by atoms with E-state index in [9.17, 15) is 9.59 Å². The van der Waals surface area contributed by atoms with Crippen LogP contribution in [-0.2, 0) is 9.59 Å². The number of nitrogens with one attached hydrogen (secondary N) is 1. The lowest BCUT2D eigenvalue weighted by molar-refractivity contribution is -0.125. The molecule has 0 aliphatic carbocycles. The van der Waals surface area contributed by atoms with Crippen molar-refractivity contribution >= 4 is 39.5 Å². The standard InChI is InChI=1S/C13H13BrN2O2S/c1-2-4-11(13(15)18)16-12(17)8-19-10-6-3-5-9(14)7-10/h1,3,5-7,11H,4,8H2,(H2,15,18)(H,16,17)/t11-/m0/s1. The zero-order valence-electron chi connectivity index (χ0n) is 10.1. The summed E-state index contributed by atoms with van der Waals surface area (Å²) in [5.41, 5.74) is 5.14. The molecular formula is C13H13BrN2O2S. The van der Waals surface area contributed by atoms with E-state index >= 15 is 0 Å². The van der Waals surface area contributed by atoms with Crippen molar-refractivity contribution in [2.75, 3.05) is 5.75 Å². The molecule has 1 aromatic rings. The van der Waals surface area contributed by atoms with Gasteiger partial charge >= 0.3 is 0 Å². The van der Waals surface area contributed by atoms with E-state index in [2.05, 4.69) is 27.2 Å². The Morgan fingerprint density at radius 1 is 1.53 bits per heavy atom. The Morgan fingerprint density at radius 2 is 2.26 bits per heavy atom. The third kappa shape index (κ3) is 5.81. The maximum Gasteiger partial charge on any atom is 0.240 e. The summed E-state index contributed by atoms with van der Waals surface area (Å²) < 4.78 is 0.945. The molecule has 0 saturated heterocycles. The summed E-state index contributed by atoms with van der Waals surface area (Å²) in [5.74, 6) is 1.61. The van der Waals surface area contributed by atoms with Crippen molar-refractivity contribution in [3.63, 3.8) is 0 Å². The Hall–Kier alpha value is -1.45. The van der Waals surface area contributed by atoms with Gasteiger partial charge in [0, 0.05) is 15.8 Å². The first kappa shape index (κ1) is 15.6. The molecular weight excluding hydrogens is 328 g/mol. The Labute approximate surface area is 124 Å². The van der Waals surface area contributed by atoms with Crippen LogP contribution < -0.4 is 11.1 Å². The van der Waals surface area contributed by atoms with E-state index < -0.39 is 11.9 Å². The van der Waals surface area contributed by atoms with E-state index in [0.29, 0.717) is 0 Å². The van der Waals surface area contributed by atoms with Gasteiger partial charge in [0.2, 0.25) is 11.8 Å². The fourth-order valence-electron chi connectivity index (χ4n) is 1.28. The smallest absolute Gasteiger partial charge is 0.240 e. The van der Waals surface area contributed by atoms with Gasteiger partial charge in [-0.15, -0.1) is 24.1 Å². The van der Waals surface area contributed by atoms with Crippen molar-refractivity contribution in [2.24, 2.45) is 5.73 Å². The third-order valence-electron chi connectivity index (χ3n) is 2.17. The predicted molar refractivity (Wildman–Crippen MR) is 79.4 cm³/mol. The van der Waals surface area contributed by atoms with Crippen molar-refractivity contribution in [3.8, 4) is 12.3 Å². The van der Waals surface area contributed by atoms with Gasteiger partial charge < -0.3 is 11.1 Å². The van der Waals surface area contributed by atoms with Crippen LogP contribution in [0.5, 0.6) is 0 Å². The van der Waals surface area contributed by atoms with Crippen LogP contribution in [0.4, 0.5) is 0 Å². The highest BCUT2D eigenvalue weighted by atomic mass is 79.9. The maximum absolute atomic E-state index is 11.7. The van der Waals surface area contributed by atoms with E-state index in [1.54, 1.807) is 0 Å². The molecule has 0 aliphatic heterocycles. The molecule has 100 valence electrons. The topological polar surface area (TPSA) is 72.2 Å². The fourth-order valence-corrected chi connectivity index (χ4v) is 2.60. The van der Waals surface area contributed by atoms with E-state index in [0.717, 1.165) is 9.37 Å². The molecule has 0 aromatic heterocycles. The molecule has 0 fully saturated rings. The summed E-state index contributed by atoms with van der Waals surface area (Å²) in [5, 5.41) is 2.51. The fraction of sp³-hybridized carbons (Fsp3) is 0.231. The summed E-state index contributed by atoms with van der Waals surface area (Å²) in [6.07, 6.45) is 5.20. The zero-order valence-corrected chi connectivity index (χ0v) is 12.5. The number of nitrogens with two attached hydrogens (primary N) is 1. The van der Waals surface area contributed by atoms with Crippen molar-refractivity contribution in [2.45, 2.75) is 17.4 Å². The first-order chi connectivity index (χ1) is 9.02. The Morgan fingerprint density at radius 3 is 2.84 bits per heavy atom. The Bertz CT molecular complexity index is 514. The molecule has 19 heavy (non-hydrogen) atoms. The number of hydrogen-bond donors (Lipinski definition) is 2. The molecule has 0 radical (unpaired) electrons. The van der Waals surface area contributed by atoms with Crippen molar-refractivity contribution in [1.29, 1.82) is 0 Å².